The van der Waals surface area contributed by atoms with Crippen LogP contribution in [0.2, 0.25) is 0 Å². The number of nitrogens with zero attached hydrogens (tertiary/aromatic N) is 1. The molecule has 1 aliphatic carbocycles. The van der Waals surface area contributed by atoms with E-state index in [1.54, 1.807) is 12.3 Å². The first-order valence-corrected chi connectivity index (χ1v) is 6.90. The van der Waals surface area contributed by atoms with Gasteiger partial charge in [0.15, 0.2) is 5.82 Å². The van der Waals surface area contributed by atoms with E-state index in [0.717, 1.165) is 13.0 Å². The average molecular weight is 266 g/mol. The largest absolute Gasteiger partial charge is 0.475 e. The normalized spacial score (nSPS) is 22.7. The summed E-state index contributed by atoms with van der Waals surface area (Å²) in [6, 6.07) is 2.27. The van der Waals surface area contributed by atoms with Gasteiger partial charge in [0.2, 0.25) is 0 Å². The van der Waals surface area contributed by atoms with Crippen molar-refractivity contribution >= 4 is 0 Å². The van der Waals surface area contributed by atoms with Crippen LogP contribution >= 0.6 is 0 Å². The average Bonchev–Trinajstić information content (AvgIpc) is 3.10. The second-order valence-corrected chi connectivity index (χ2v) is 5.29. The smallest absolute Gasteiger partial charge is 0.250 e. The number of halogens is 1. The number of hydrogen-bond acceptors (Lipinski definition) is 4. The second kappa shape index (κ2) is 5.84. The van der Waals surface area contributed by atoms with Gasteiger partial charge in [0.25, 0.3) is 5.88 Å². The fraction of sp³-hybridized carbons (Fsp3) is 0.643. The molecule has 1 aromatic heterocycles. The summed E-state index contributed by atoms with van der Waals surface area (Å²) in [5.41, 5.74) is 0.625. The molecule has 2 heterocycles. The van der Waals surface area contributed by atoms with Crippen LogP contribution in [-0.2, 0) is 11.3 Å². The van der Waals surface area contributed by atoms with E-state index >= 15 is 0 Å². The maximum atomic E-state index is 14.2. The van der Waals surface area contributed by atoms with Crippen molar-refractivity contribution in [3.63, 3.8) is 0 Å². The van der Waals surface area contributed by atoms with Crippen LogP contribution in [0.3, 0.4) is 0 Å². The van der Waals surface area contributed by atoms with Crippen molar-refractivity contribution in [1.29, 1.82) is 0 Å². The van der Waals surface area contributed by atoms with Gasteiger partial charge in [-0.2, -0.15) is 0 Å². The van der Waals surface area contributed by atoms with Gasteiger partial charge in [-0.25, -0.2) is 9.37 Å². The molecule has 104 valence electrons. The minimum atomic E-state index is -0.338. The Balaban J connectivity index is 1.57. The molecule has 0 radical (unpaired) electrons. The van der Waals surface area contributed by atoms with Crippen molar-refractivity contribution in [1.82, 2.24) is 10.3 Å². The lowest BCUT2D eigenvalue weighted by Crippen LogP contribution is -2.17. The quantitative estimate of drug-likeness (QED) is 0.854. The van der Waals surface area contributed by atoms with Crippen molar-refractivity contribution in [2.45, 2.75) is 31.8 Å². The summed E-state index contributed by atoms with van der Waals surface area (Å²) in [6.07, 6.45) is 4.97. The number of ether oxygens (including phenoxy) is 2. The lowest BCUT2D eigenvalue weighted by molar-refractivity contribution is 0.163. The van der Waals surface area contributed by atoms with Gasteiger partial charge < -0.3 is 14.8 Å². The summed E-state index contributed by atoms with van der Waals surface area (Å²) in [5, 5.41) is 3.29. The second-order valence-electron chi connectivity index (χ2n) is 5.29. The Labute approximate surface area is 112 Å². The molecule has 1 saturated heterocycles. The highest BCUT2D eigenvalue weighted by molar-refractivity contribution is 5.23. The van der Waals surface area contributed by atoms with Crippen molar-refractivity contribution in [3.05, 3.63) is 23.6 Å². The van der Waals surface area contributed by atoms with E-state index in [1.165, 1.54) is 12.8 Å². The summed E-state index contributed by atoms with van der Waals surface area (Å²) < 4.78 is 24.9. The Hall–Kier alpha value is -1.20. The highest BCUT2D eigenvalue weighted by Crippen LogP contribution is 2.22. The Morgan fingerprint density at radius 3 is 3.05 bits per heavy atom. The molecule has 0 aromatic carbocycles. The number of nitrogens with one attached hydrogen (secondary N) is 1. The molecule has 0 amide bonds. The summed E-state index contributed by atoms with van der Waals surface area (Å²) in [5.74, 6) is 0.131. The molecule has 4 nitrogen and oxygen atoms in total. The maximum Gasteiger partial charge on any atom is 0.250 e. The zero-order chi connectivity index (χ0) is 13.1. The van der Waals surface area contributed by atoms with E-state index in [0.29, 0.717) is 37.3 Å². The molecule has 1 N–H and O–H groups in total. The number of hydrogen-bond donors (Lipinski definition) is 1. The Kier molecular flexibility index (Phi) is 3.94. The molecular formula is C14H19FN2O2. The van der Waals surface area contributed by atoms with E-state index in [-0.39, 0.29) is 11.7 Å². The molecule has 5 heteroatoms. The van der Waals surface area contributed by atoms with Gasteiger partial charge in [0, 0.05) is 36.9 Å². The number of rotatable bonds is 6. The van der Waals surface area contributed by atoms with Crippen LogP contribution in [0.25, 0.3) is 0 Å². The third-order valence-electron chi connectivity index (χ3n) is 3.58. The Morgan fingerprint density at radius 1 is 1.42 bits per heavy atom. The standard InChI is InChI=1S/C14H19FN2O2/c15-13-11(7-17-12-1-2-12)3-5-16-14(13)19-9-10-4-6-18-8-10/h3,5,10,12,17H,1-2,4,6-9H2. The van der Waals surface area contributed by atoms with Gasteiger partial charge in [-0.05, 0) is 25.3 Å². The van der Waals surface area contributed by atoms with E-state index in [1.807, 2.05) is 0 Å². The summed E-state index contributed by atoms with van der Waals surface area (Å²) in [4.78, 5) is 3.98. The first-order valence-electron chi connectivity index (χ1n) is 6.90. The van der Waals surface area contributed by atoms with Crippen LogP contribution in [0.15, 0.2) is 12.3 Å². The Bertz CT molecular complexity index is 431. The van der Waals surface area contributed by atoms with Crippen LogP contribution in [0.1, 0.15) is 24.8 Å². The number of aromatic nitrogens is 1. The minimum absolute atomic E-state index is 0.113. The minimum Gasteiger partial charge on any atom is -0.475 e. The fourth-order valence-electron chi connectivity index (χ4n) is 2.15. The lowest BCUT2D eigenvalue weighted by Gasteiger charge is -2.12. The van der Waals surface area contributed by atoms with Crippen LogP contribution in [0.4, 0.5) is 4.39 Å². The predicted octanol–water partition coefficient (Wildman–Crippen LogP) is 1.89. The predicted molar refractivity (Wildman–Crippen MR) is 68.5 cm³/mol. The van der Waals surface area contributed by atoms with Gasteiger partial charge in [-0.1, -0.05) is 0 Å². The molecule has 19 heavy (non-hydrogen) atoms. The maximum absolute atomic E-state index is 14.2. The van der Waals surface area contributed by atoms with E-state index in [9.17, 15) is 4.39 Å². The van der Waals surface area contributed by atoms with Crippen molar-refractivity contribution in [2.24, 2.45) is 5.92 Å². The van der Waals surface area contributed by atoms with Gasteiger partial charge in [0.1, 0.15) is 0 Å². The van der Waals surface area contributed by atoms with Crippen molar-refractivity contribution in [3.8, 4) is 5.88 Å². The highest BCUT2D eigenvalue weighted by atomic mass is 19.1. The van der Waals surface area contributed by atoms with Crippen LogP contribution in [-0.4, -0.2) is 30.8 Å². The SMILES string of the molecule is Fc1c(CNC2CC2)ccnc1OCC1CCOC1. The van der Waals surface area contributed by atoms with Crippen LogP contribution in [0, 0.1) is 11.7 Å². The van der Waals surface area contributed by atoms with Crippen LogP contribution < -0.4 is 10.1 Å². The van der Waals surface area contributed by atoms with E-state index < -0.39 is 0 Å². The summed E-state index contributed by atoms with van der Waals surface area (Å²) >= 11 is 0. The van der Waals surface area contributed by atoms with Crippen molar-refractivity contribution in [2.75, 3.05) is 19.8 Å². The lowest BCUT2D eigenvalue weighted by atomic mass is 10.1. The molecule has 1 atom stereocenters. The first kappa shape index (κ1) is 12.8. The topological polar surface area (TPSA) is 43.4 Å². The van der Waals surface area contributed by atoms with Gasteiger partial charge in [-0.3, -0.25) is 0 Å². The molecule has 2 aliphatic rings. The molecule has 0 bridgehead atoms. The zero-order valence-corrected chi connectivity index (χ0v) is 10.9. The van der Waals surface area contributed by atoms with Gasteiger partial charge in [0.05, 0.1) is 13.2 Å². The van der Waals surface area contributed by atoms with Crippen molar-refractivity contribution < 1.29 is 13.9 Å². The molecule has 1 aromatic rings. The molecule has 2 fully saturated rings. The third-order valence-corrected chi connectivity index (χ3v) is 3.58. The molecule has 0 spiro atoms. The van der Waals surface area contributed by atoms with Gasteiger partial charge in [-0.15, -0.1) is 0 Å². The summed E-state index contributed by atoms with van der Waals surface area (Å²) in [6.45, 7) is 2.49. The molecule has 1 saturated carbocycles. The highest BCUT2D eigenvalue weighted by Gasteiger charge is 2.22. The molecule has 3 rings (SSSR count). The molecule has 1 aliphatic heterocycles. The Morgan fingerprint density at radius 2 is 2.32 bits per heavy atom. The fourth-order valence-corrected chi connectivity index (χ4v) is 2.15. The molecule has 1 unspecified atom stereocenters. The third kappa shape index (κ3) is 3.42. The van der Waals surface area contributed by atoms with E-state index in [2.05, 4.69) is 10.3 Å². The van der Waals surface area contributed by atoms with Crippen LogP contribution in [0.5, 0.6) is 5.88 Å². The number of pyridine rings is 1. The van der Waals surface area contributed by atoms with Gasteiger partial charge >= 0.3 is 0 Å². The molecular weight excluding hydrogens is 247 g/mol. The zero-order valence-electron chi connectivity index (χ0n) is 10.9. The monoisotopic (exact) mass is 266 g/mol. The van der Waals surface area contributed by atoms with E-state index in [4.69, 9.17) is 9.47 Å². The summed E-state index contributed by atoms with van der Waals surface area (Å²) in [7, 11) is 0. The first-order chi connectivity index (χ1) is 9.33.